The van der Waals surface area contributed by atoms with Gasteiger partial charge >= 0.3 is 0 Å². The van der Waals surface area contributed by atoms with Gasteiger partial charge in [0.2, 0.25) is 9.39 Å². The Labute approximate surface area is 138 Å². The molecular formula is C17H17IN3+. The minimum atomic E-state index is 0.210. The van der Waals surface area contributed by atoms with Gasteiger partial charge in [-0.3, -0.25) is 0 Å². The van der Waals surface area contributed by atoms with Crippen LogP contribution in [-0.4, -0.2) is 9.90 Å². The van der Waals surface area contributed by atoms with Crippen LogP contribution in [0.3, 0.4) is 0 Å². The molecule has 4 heteroatoms. The lowest BCUT2D eigenvalue weighted by Crippen LogP contribution is -2.33. The minimum Gasteiger partial charge on any atom is -0.131 e. The quantitative estimate of drug-likeness (QED) is 0.495. The summed E-state index contributed by atoms with van der Waals surface area (Å²) in [6.45, 7) is 2.18. The first-order valence-corrected chi connectivity index (χ1v) is 8.01. The molecule has 0 N–H and O–H groups in total. The lowest BCUT2D eigenvalue weighted by atomic mass is 10.1. The molecule has 106 valence electrons. The summed E-state index contributed by atoms with van der Waals surface area (Å²) in [6, 6.07) is 21.1. The number of aryl methyl sites for hydroxylation is 1. The largest absolute Gasteiger partial charge is 0.235 e. The molecule has 0 aliphatic heterocycles. The summed E-state index contributed by atoms with van der Waals surface area (Å²) in [5, 5.41) is 4.69. The molecule has 1 atom stereocenters. The first kappa shape index (κ1) is 14.3. The van der Waals surface area contributed by atoms with E-state index in [4.69, 9.17) is 0 Å². The van der Waals surface area contributed by atoms with Gasteiger partial charge in [0.05, 0.1) is 5.21 Å². The van der Waals surface area contributed by atoms with Crippen molar-refractivity contribution in [2.75, 3.05) is 0 Å². The Morgan fingerprint density at radius 1 is 1.00 bits per heavy atom. The van der Waals surface area contributed by atoms with Crippen molar-refractivity contribution in [1.82, 2.24) is 9.90 Å². The Bertz CT molecular complexity index is 735. The Balaban J connectivity index is 2.07. The topological polar surface area (TPSA) is 21.7 Å². The molecule has 0 saturated carbocycles. The number of halogens is 1. The van der Waals surface area contributed by atoms with Crippen LogP contribution in [0.2, 0.25) is 0 Å². The van der Waals surface area contributed by atoms with Gasteiger partial charge in [-0.05, 0) is 12.5 Å². The summed E-state index contributed by atoms with van der Waals surface area (Å²) in [7, 11) is 2.00. The third-order valence-electron chi connectivity index (χ3n) is 3.65. The highest BCUT2D eigenvalue weighted by Gasteiger charge is 2.27. The fraction of sp³-hybridized carbons (Fsp3) is 0.176. The first-order valence-electron chi connectivity index (χ1n) is 6.93. The second-order valence-corrected chi connectivity index (χ2v) is 6.07. The molecule has 3 rings (SSSR count). The maximum Gasteiger partial charge on any atom is 0.235 e. The Morgan fingerprint density at radius 2 is 1.57 bits per heavy atom. The normalized spacial score (nSPS) is 12.3. The van der Waals surface area contributed by atoms with Gasteiger partial charge in [0.1, 0.15) is 13.1 Å². The molecule has 0 spiro atoms. The van der Waals surface area contributed by atoms with Crippen molar-refractivity contribution in [3.63, 3.8) is 0 Å². The third kappa shape index (κ3) is 2.72. The number of hydrogen-bond acceptors (Lipinski definition) is 1. The van der Waals surface area contributed by atoms with Crippen LogP contribution in [0, 0.1) is 3.70 Å². The smallest absolute Gasteiger partial charge is 0.131 e. The molecule has 3 aromatic rings. The Morgan fingerprint density at radius 3 is 2.19 bits per heavy atom. The zero-order chi connectivity index (χ0) is 14.8. The average molecular weight is 390 g/mol. The van der Waals surface area contributed by atoms with Crippen molar-refractivity contribution in [3.8, 4) is 11.3 Å². The van der Waals surface area contributed by atoms with Gasteiger partial charge in [0.15, 0.2) is 0 Å². The third-order valence-corrected chi connectivity index (χ3v) is 4.65. The molecule has 3 nitrogen and oxygen atoms in total. The van der Waals surface area contributed by atoms with Gasteiger partial charge in [-0.15, -0.1) is 9.36 Å². The van der Waals surface area contributed by atoms with E-state index in [2.05, 4.69) is 87.9 Å². The molecule has 0 unspecified atom stereocenters. The van der Waals surface area contributed by atoms with Crippen molar-refractivity contribution in [2.45, 2.75) is 13.0 Å². The summed E-state index contributed by atoms with van der Waals surface area (Å²) in [4.78, 5) is 0. The van der Waals surface area contributed by atoms with E-state index < -0.39 is 0 Å². The predicted octanol–water partition coefficient (Wildman–Crippen LogP) is 3.59. The minimum absolute atomic E-state index is 0.210. The number of hydrogen-bond donors (Lipinski definition) is 0. The van der Waals surface area contributed by atoms with Gasteiger partial charge in [-0.1, -0.05) is 60.7 Å². The zero-order valence-electron chi connectivity index (χ0n) is 12.1. The van der Waals surface area contributed by atoms with Crippen molar-refractivity contribution in [3.05, 3.63) is 69.9 Å². The summed E-state index contributed by atoms with van der Waals surface area (Å²) in [5.74, 6) is 0. The van der Waals surface area contributed by atoms with Crippen LogP contribution >= 0.6 is 22.6 Å². The van der Waals surface area contributed by atoms with E-state index in [1.165, 1.54) is 11.1 Å². The lowest BCUT2D eigenvalue weighted by molar-refractivity contribution is -0.722. The van der Waals surface area contributed by atoms with E-state index in [1.54, 1.807) is 0 Å². The summed E-state index contributed by atoms with van der Waals surface area (Å²) >= 11 is 2.39. The molecule has 0 aliphatic carbocycles. The van der Waals surface area contributed by atoms with Crippen molar-refractivity contribution in [1.29, 1.82) is 0 Å². The standard InChI is InChI=1S/C17H17IN3/c1-13(14-9-5-3-6-10-14)21-17(18)16(20(2)19-21)15-11-7-4-8-12-15/h3-13H,1-2H3/q+1/t13-/m1/s1. The molecule has 0 radical (unpaired) electrons. The molecule has 1 heterocycles. The molecule has 0 amide bonds. The number of benzene rings is 2. The van der Waals surface area contributed by atoms with Crippen LogP contribution in [0.4, 0.5) is 0 Å². The highest BCUT2D eigenvalue weighted by molar-refractivity contribution is 14.1. The molecule has 2 aromatic carbocycles. The monoisotopic (exact) mass is 390 g/mol. The van der Waals surface area contributed by atoms with Crippen molar-refractivity contribution in [2.24, 2.45) is 7.05 Å². The summed E-state index contributed by atoms with van der Waals surface area (Å²) in [5.41, 5.74) is 3.60. The lowest BCUT2D eigenvalue weighted by Gasteiger charge is -2.06. The van der Waals surface area contributed by atoms with Gasteiger partial charge in [-0.25, -0.2) is 0 Å². The highest BCUT2D eigenvalue weighted by atomic mass is 127. The maximum atomic E-state index is 4.69. The molecule has 0 saturated heterocycles. The predicted molar refractivity (Wildman–Crippen MR) is 91.8 cm³/mol. The number of aromatic nitrogens is 3. The molecule has 0 aliphatic rings. The molecule has 1 aromatic heterocycles. The van der Waals surface area contributed by atoms with Crippen LogP contribution in [0.15, 0.2) is 60.7 Å². The van der Waals surface area contributed by atoms with E-state index >= 15 is 0 Å². The van der Waals surface area contributed by atoms with Gasteiger partial charge in [0, 0.05) is 28.2 Å². The zero-order valence-corrected chi connectivity index (χ0v) is 14.2. The van der Waals surface area contributed by atoms with E-state index in [1.807, 2.05) is 23.9 Å². The molecule has 21 heavy (non-hydrogen) atoms. The average Bonchev–Trinajstić information content (AvgIpc) is 2.83. The Kier molecular flexibility index (Phi) is 4.05. The van der Waals surface area contributed by atoms with E-state index in [0.717, 1.165) is 9.39 Å². The second kappa shape index (κ2) is 5.97. The Hall–Kier alpha value is -1.69. The SMILES string of the molecule is C[C@H](c1ccccc1)n1n[n+](C)c(-c2ccccc2)c1I. The summed E-state index contributed by atoms with van der Waals surface area (Å²) < 4.78 is 5.19. The number of rotatable bonds is 3. The number of nitrogens with zero attached hydrogens (tertiary/aromatic N) is 3. The van der Waals surface area contributed by atoms with Crippen molar-refractivity contribution < 1.29 is 4.68 Å². The van der Waals surface area contributed by atoms with E-state index in [-0.39, 0.29) is 6.04 Å². The molecule has 0 bridgehead atoms. The maximum absolute atomic E-state index is 4.69. The van der Waals surface area contributed by atoms with Gasteiger partial charge in [0.25, 0.3) is 0 Å². The molecule has 0 fully saturated rings. The van der Waals surface area contributed by atoms with Crippen LogP contribution < -0.4 is 4.68 Å². The molecular weight excluding hydrogens is 373 g/mol. The van der Waals surface area contributed by atoms with Crippen LogP contribution in [0.25, 0.3) is 11.3 Å². The van der Waals surface area contributed by atoms with E-state index in [9.17, 15) is 0 Å². The van der Waals surface area contributed by atoms with Crippen LogP contribution in [0.1, 0.15) is 18.5 Å². The van der Waals surface area contributed by atoms with Crippen LogP contribution in [0.5, 0.6) is 0 Å². The fourth-order valence-electron chi connectivity index (χ4n) is 2.49. The van der Waals surface area contributed by atoms with Crippen molar-refractivity contribution >= 4 is 22.6 Å². The van der Waals surface area contributed by atoms with E-state index in [0.29, 0.717) is 0 Å². The first-order chi connectivity index (χ1) is 10.2. The second-order valence-electron chi connectivity index (χ2n) is 5.05. The fourth-order valence-corrected chi connectivity index (χ4v) is 3.67. The van der Waals surface area contributed by atoms with Gasteiger partial charge in [-0.2, -0.15) is 0 Å². The summed E-state index contributed by atoms with van der Waals surface area (Å²) in [6.07, 6.45) is 0. The van der Waals surface area contributed by atoms with Gasteiger partial charge < -0.3 is 0 Å². The highest BCUT2D eigenvalue weighted by Crippen LogP contribution is 2.25. The van der Waals surface area contributed by atoms with Crippen LogP contribution in [-0.2, 0) is 7.05 Å².